The van der Waals surface area contributed by atoms with Crippen molar-refractivity contribution in [2.75, 3.05) is 14.2 Å². The van der Waals surface area contributed by atoms with Gasteiger partial charge in [0, 0.05) is 23.8 Å². The van der Waals surface area contributed by atoms with Crippen LogP contribution in [0.5, 0.6) is 63.2 Å². The maximum atomic E-state index is 14.8. The zero-order chi connectivity index (χ0) is 88.7. The van der Waals surface area contributed by atoms with Crippen LogP contribution in [0.3, 0.4) is 0 Å². The smallest absolute Gasteiger partial charge is 0.183 e. The van der Waals surface area contributed by atoms with Crippen molar-refractivity contribution in [3.8, 4) is 159 Å². The highest BCUT2D eigenvalue weighted by atomic mass is 19.2. The second-order valence-electron chi connectivity index (χ2n) is 24.6. The maximum absolute atomic E-state index is 14.8. The molecule has 28 heteroatoms. The van der Waals surface area contributed by atoms with Crippen molar-refractivity contribution in [1.29, 1.82) is 73.7 Å². The molecular weight excluding hydrogens is 1560 g/mol. The van der Waals surface area contributed by atoms with Crippen LogP contribution in [0, 0.1) is 206 Å². The summed E-state index contributed by atoms with van der Waals surface area (Å²) in [6.07, 6.45) is 0. The van der Waals surface area contributed by atoms with E-state index in [1.165, 1.54) is 69.7 Å². The third kappa shape index (κ3) is 25.1. The van der Waals surface area contributed by atoms with Crippen LogP contribution < -0.4 is 33.2 Å². The van der Waals surface area contributed by atoms with Crippen LogP contribution >= 0.6 is 0 Å². The number of ether oxygens (including phenoxy) is 7. The third-order valence-electron chi connectivity index (χ3n) is 15.4. The first-order valence-corrected chi connectivity index (χ1v) is 34.5. The van der Waals surface area contributed by atoms with Crippen molar-refractivity contribution < 1.29 is 63.9 Å². The van der Waals surface area contributed by atoms with E-state index < -0.39 is 46.3 Å². The van der Waals surface area contributed by atoms with Crippen molar-refractivity contribution in [3.63, 3.8) is 0 Å². The predicted octanol–water partition coefficient (Wildman–Crippen LogP) is 21.3. The van der Waals surface area contributed by atoms with E-state index in [2.05, 4.69) is 0 Å². The zero-order valence-electron chi connectivity index (χ0n) is 64.1. The van der Waals surface area contributed by atoms with E-state index >= 15 is 0 Å². The predicted molar refractivity (Wildman–Crippen MR) is 421 cm³/mol. The van der Waals surface area contributed by atoms with E-state index in [1.54, 1.807) is 209 Å². The molecule has 0 radical (unpaired) electrons. The van der Waals surface area contributed by atoms with Crippen molar-refractivity contribution in [2.45, 2.75) is 33.3 Å². The van der Waals surface area contributed by atoms with Gasteiger partial charge in [0.15, 0.2) is 51.9 Å². The highest BCUT2D eigenvalue weighted by molar-refractivity contribution is 5.73. The van der Waals surface area contributed by atoms with Gasteiger partial charge in [-0.05, 0) is 142 Å². The van der Waals surface area contributed by atoms with Gasteiger partial charge in [0.1, 0.15) is 153 Å². The van der Waals surface area contributed by atoms with Gasteiger partial charge < -0.3 is 33.2 Å². The molecule has 0 aliphatic heterocycles. The van der Waals surface area contributed by atoms with E-state index in [1.807, 2.05) is 48.5 Å². The second-order valence-corrected chi connectivity index (χ2v) is 24.6. The molecule has 0 aliphatic carbocycles. The maximum Gasteiger partial charge on any atom is 0.183 e. The summed E-state index contributed by atoms with van der Waals surface area (Å²) in [6.45, 7) is 6.79. The molecule has 0 N–H and O–H groups in total. The number of nitrogens with zero attached hydrogens (tertiary/aromatic N) is 14. The summed E-state index contributed by atoms with van der Waals surface area (Å²) in [5.74, 6) is -3.39. The molecule has 588 valence electrons. The summed E-state index contributed by atoms with van der Waals surface area (Å²) in [5, 5.41) is 124. The van der Waals surface area contributed by atoms with Crippen LogP contribution in [-0.4, -0.2) is 19.8 Å². The molecule has 0 heterocycles. The molecule has 0 saturated heterocycles. The number of benzene rings is 12. The SMILES string of the molecule is CC(C)(C)Oc1cc(C#N)cc(C#N)c1F.COc1c(C#N)ccc(F)c1C#N.COc1cc(F)c(C#N)cc1C#N.Cc1cc(C#N)c(Oc2ccccc2)c(C#N)c1F.N#Cc1cc(-c2ccccc2)c(F)c(C#N)c1Oc1ccccc1.N#Cc1cc(C#N)c(F)c(Oc2ccccc2)c1.N#Cc1ccc(F)c(C#N)c1Oc1ccccc1. The van der Waals surface area contributed by atoms with Crippen LogP contribution in [0.25, 0.3) is 11.1 Å². The number of halogens is 7. The standard InChI is InChI=1S/C20H11FN2O.C15H9FN2O.2C14H7FN2O.C12H11FN2O.2C9H5FN2O/c21-19-17(14-7-3-1-4-8-14)11-15(12-22)20(18(19)13-23)24-16-9-5-2-6-10-16;1-10-7-11(8-17)15(13(9-18)14(10)16)19-12-5-3-2-4-6-12;15-14-11(9-17)6-10(8-16)7-13(14)18-12-4-2-1-3-5-12;15-13-7-6-10(8-16)14(12(13)9-17)18-11-4-2-1-3-5-11;1-12(2,3)16-10-5-8(6-14)4-9(7-15)11(10)13;1-13-9-3-8(10)6(4-11)2-7(9)5-12;1-13-9-6(4-11)2-3-8(10)7(9)5-12/h1-11H;2-7H,1H3;2*1-7H;4-5H,1-3H3;2*2-3H,1H3. The van der Waals surface area contributed by atoms with Gasteiger partial charge in [0.25, 0.3) is 0 Å². The molecule has 0 unspecified atom stereocenters. The quantitative estimate of drug-likeness (QED) is 0.103. The third-order valence-corrected chi connectivity index (χ3v) is 15.4. The molecule has 0 saturated carbocycles. The van der Waals surface area contributed by atoms with Gasteiger partial charge in [-0.25, -0.2) is 30.7 Å². The summed E-state index contributed by atoms with van der Waals surface area (Å²) in [6, 6.07) is 82.9. The first-order chi connectivity index (χ1) is 58.2. The summed E-state index contributed by atoms with van der Waals surface area (Å²) >= 11 is 0. The average molecular weight is 1610 g/mol. The normalized spacial score (nSPS) is 9.41. The van der Waals surface area contributed by atoms with Gasteiger partial charge in [-0.1, -0.05) is 103 Å². The highest BCUT2D eigenvalue weighted by Gasteiger charge is 2.24. The summed E-state index contributed by atoms with van der Waals surface area (Å²) in [5.41, 5.74) is -0.0652. The molecule has 0 fully saturated rings. The van der Waals surface area contributed by atoms with E-state index in [4.69, 9.17) is 96.3 Å². The average Bonchev–Trinajstić information content (AvgIpc) is 0.788. The van der Waals surface area contributed by atoms with Gasteiger partial charge in [-0.2, -0.15) is 73.7 Å². The summed E-state index contributed by atoms with van der Waals surface area (Å²) < 4.78 is 132. The van der Waals surface area contributed by atoms with Crippen molar-refractivity contribution >= 4 is 0 Å². The van der Waals surface area contributed by atoms with E-state index in [0.29, 0.717) is 28.6 Å². The fraction of sp³-hybridized carbons (Fsp3) is 0.0753. The molecule has 0 aliphatic rings. The first-order valence-electron chi connectivity index (χ1n) is 34.5. The lowest BCUT2D eigenvalue weighted by Crippen LogP contribution is -2.23. The Kier molecular flexibility index (Phi) is 34.3. The Hall–Kier alpha value is -18.4. The van der Waals surface area contributed by atoms with Crippen molar-refractivity contribution in [1.82, 2.24) is 0 Å². The number of para-hydroxylation sites is 4. The molecule has 0 amide bonds. The van der Waals surface area contributed by atoms with Gasteiger partial charge in [0.2, 0.25) is 0 Å². The topological polar surface area (TPSA) is 398 Å². The molecule has 0 atom stereocenters. The summed E-state index contributed by atoms with van der Waals surface area (Å²) in [7, 11) is 2.62. The molecule has 21 nitrogen and oxygen atoms in total. The van der Waals surface area contributed by atoms with E-state index in [-0.39, 0.29) is 129 Å². The number of methoxy groups -OCH3 is 2. The molecule has 12 aromatic rings. The lowest BCUT2D eigenvalue weighted by molar-refractivity contribution is 0.124. The lowest BCUT2D eigenvalue weighted by atomic mass is 9.98. The van der Waals surface area contributed by atoms with E-state index in [0.717, 1.165) is 24.3 Å². The van der Waals surface area contributed by atoms with Crippen LogP contribution in [0.2, 0.25) is 0 Å². The molecule has 0 spiro atoms. The van der Waals surface area contributed by atoms with Crippen LogP contribution in [0.1, 0.15) is 104 Å². The Morgan fingerprint density at radius 1 is 0.264 bits per heavy atom. The Morgan fingerprint density at radius 2 is 0.620 bits per heavy atom. The fourth-order valence-corrected chi connectivity index (χ4v) is 9.94. The minimum Gasteiger partial charge on any atom is -0.495 e. The minimum atomic E-state index is -0.764. The molecule has 121 heavy (non-hydrogen) atoms. The van der Waals surface area contributed by atoms with Crippen LogP contribution in [-0.2, 0) is 0 Å². The monoisotopic (exact) mass is 1610 g/mol. The largest absolute Gasteiger partial charge is 0.495 e. The molecule has 0 aromatic heterocycles. The van der Waals surface area contributed by atoms with Crippen LogP contribution in [0.4, 0.5) is 30.7 Å². The van der Waals surface area contributed by atoms with Crippen LogP contribution in [0.15, 0.2) is 224 Å². The van der Waals surface area contributed by atoms with Gasteiger partial charge in [-0.15, -0.1) is 0 Å². The number of hydrogen-bond acceptors (Lipinski definition) is 21. The first kappa shape index (κ1) is 91.5. The van der Waals surface area contributed by atoms with Crippen molar-refractivity contribution in [3.05, 3.63) is 349 Å². The number of rotatable bonds is 12. The molecule has 12 rings (SSSR count). The Balaban J connectivity index is 0.000000221. The summed E-state index contributed by atoms with van der Waals surface area (Å²) in [4.78, 5) is 0. The van der Waals surface area contributed by atoms with Gasteiger partial charge >= 0.3 is 0 Å². The minimum absolute atomic E-state index is 0.00926. The molecule has 12 aromatic carbocycles. The fourth-order valence-electron chi connectivity index (χ4n) is 9.94. The Labute approximate surface area is 689 Å². The number of aryl methyl sites for hydroxylation is 1. The van der Waals surface area contributed by atoms with Gasteiger partial charge in [0.05, 0.1) is 82.0 Å². The molecule has 0 bridgehead atoms. The number of hydrogen-bond donors (Lipinski definition) is 0. The zero-order valence-corrected chi connectivity index (χ0v) is 64.1. The van der Waals surface area contributed by atoms with E-state index in [9.17, 15) is 41.3 Å². The Bertz CT molecular complexity index is 6430. The highest BCUT2D eigenvalue weighted by Crippen LogP contribution is 2.39. The lowest BCUT2D eigenvalue weighted by Gasteiger charge is -2.21. The Morgan fingerprint density at radius 3 is 1.00 bits per heavy atom. The second kappa shape index (κ2) is 45.3. The number of nitriles is 14. The van der Waals surface area contributed by atoms with Crippen molar-refractivity contribution in [2.24, 2.45) is 0 Å². The van der Waals surface area contributed by atoms with Gasteiger partial charge in [-0.3, -0.25) is 0 Å². The molecular formula is C93H55F7N14O7.